The molecule has 1 heterocycles. The van der Waals surface area contributed by atoms with E-state index >= 15 is 0 Å². The van der Waals surface area contributed by atoms with Crippen molar-refractivity contribution >= 4 is 21.4 Å². The smallest absolute Gasteiger partial charge is 0.206 e. The zero-order valence-electron chi connectivity index (χ0n) is 46.7. The summed E-state index contributed by atoms with van der Waals surface area (Å²) in [5.74, 6) is 2.86. The summed E-state index contributed by atoms with van der Waals surface area (Å²) >= 11 is 6.22. The predicted molar refractivity (Wildman–Crippen MR) is 297 cm³/mol. The number of hydrogen-bond donors (Lipinski definition) is 0. The molecule has 5 aromatic rings. The Labute approximate surface area is 431 Å². The number of sulfone groups is 1. The topological polar surface area (TPSA) is 64.9 Å². The number of nitrogens with zero attached hydrogens (tertiary/aromatic N) is 6. The third-order valence-corrected chi connectivity index (χ3v) is 15.4. The van der Waals surface area contributed by atoms with E-state index in [-0.39, 0.29) is 23.3 Å². The molecule has 0 saturated carbocycles. The average molecular weight is 1000 g/mol. The van der Waals surface area contributed by atoms with Gasteiger partial charge in [-0.25, -0.2) is 12.8 Å². The lowest BCUT2D eigenvalue weighted by Gasteiger charge is -2.38. The Balaban J connectivity index is 0.000000330. The molecular formula is C59H92ClFN6O2S. The molecule has 5 rings (SSSR count). The van der Waals surface area contributed by atoms with E-state index in [1.165, 1.54) is 17.2 Å². The summed E-state index contributed by atoms with van der Waals surface area (Å²) < 4.78 is 41.0. The third-order valence-electron chi connectivity index (χ3n) is 13.3. The number of rotatable bonds is 17. The molecule has 8 nitrogen and oxygen atoms in total. The van der Waals surface area contributed by atoms with Gasteiger partial charge in [-0.05, 0) is 152 Å². The summed E-state index contributed by atoms with van der Waals surface area (Å²) in [5.41, 5.74) is 4.64. The summed E-state index contributed by atoms with van der Waals surface area (Å²) in [5, 5.41) is 5.12. The van der Waals surface area contributed by atoms with Crippen molar-refractivity contribution < 1.29 is 12.8 Å². The predicted octanol–water partition coefficient (Wildman–Crippen LogP) is 14.6. The number of halogens is 2. The minimum Gasteiger partial charge on any atom is -0.302 e. The number of aromatic nitrogens is 2. The van der Waals surface area contributed by atoms with Gasteiger partial charge >= 0.3 is 0 Å². The molecule has 0 aliphatic carbocycles. The maximum Gasteiger partial charge on any atom is 0.206 e. The fourth-order valence-electron chi connectivity index (χ4n) is 8.73. The van der Waals surface area contributed by atoms with E-state index in [0.29, 0.717) is 51.5 Å². The average Bonchev–Trinajstić information content (AvgIpc) is 3.70. The number of hydrogen-bond acceptors (Lipinski definition) is 7. The molecule has 0 N–H and O–H groups in total. The van der Waals surface area contributed by atoms with Crippen LogP contribution in [0.4, 0.5) is 4.39 Å². The Morgan fingerprint density at radius 2 is 1.03 bits per heavy atom. The Morgan fingerprint density at radius 3 is 1.43 bits per heavy atom. The molecule has 390 valence electrons. The van der Waals surface area contributed by atoms with Gasteiger partial charge in [0.05, 0.1) is 16.0 Å². The highest BCUT2D eigenvalue weighted by atomic mass is 35.5. The van der Waals surface area contributed by atoms with Crippen LogP contribution in [0.25, 0.3) is 0 Å². The fourth-order valence-corrected chi connectivity index (χ4v) is 10.3. The summed E-state index contributed by atoms with van der Waals surface area (Å²) in [7, 11) is 15.1. The second kappa shape index (κ2) is 29.0. The van der Waals surface area contributed by atoms with E-state index in [4.69, 9.17) is 11.6 Å². The molecule has 11 heteroatoms. The van der Waals surface area contributed by atoms with Gasteiger partial charge in [0.2, 0.25) is 9.84 Å². The molecule has 0 aliphatic rings. The highest BCUT2D eigenvalue weighted by Crippen LogP contribution is 2.39. The van der Waals surface area contributed by atoms with Crippen LogP contribution in [0.2, 0.25) is 5.02 Å². The maximum absolute atomic E-state index is 13.6. The van der Waals surface area contributed by atoms with Crippen molar-refractivity contribution in [3.8, 4) is 0 Å². The Kier molecular flexibility index (Phi) is 25.7. The first-order chi connectivity index (χ1) is 32.5. The molecule has 0 bridgehead atoms. The quantitative estimate of drug-likeness (QED) is 0.0919. The van der Waals surface area contributed by atoms with Crippen LogP contribution in [0, 0.1) is 40.8 Å². The molecule has 1 aromatic heterocycles. The molecule has 0 spiro atoms. The first kappa shape index (κ1) is 62.2. The van der Waals surface area contributed by atoms with E-state index in [1.54, 1.807) is 42.5 Å². The molecule has 2 unspecified atom stereocenters. The van der Waals surface area contributed by atoms with Gasteiger partial charge in [0.15, 0.2) is 0 Å². The van der Waals surface area contributed by atoms with Crippen LogP contribution in [0.1, 0.15) is 135 Å². The summed E-state index contributed by atoms with van der Waals surface area (Å²) in [4.78, 5) is 9.47. The van der Waals surface area contributed by atoms with E-state index < -0.39 is 9.84 Å². The number of benzene rings is 4. The van der Waals surface area contributed by atoms with Crippen molar-refractivity contribution in [2.75, 3.05) is 56.4 Å². The summed E-state index contributed by atoms with van der Waals surface area (Å²) in [6.07, 6.45) is 6.21. The SMILES string of the molecule is CC(C)CC(c1ccccc1Cl)N(C)C.CC(C)CC(c1ccccc1F)N(C)C.CC(C)[C@@H](C)[C@H](c1cnn(C)c1)N(C)C.C[C@@H]([C@H](c1ccc(S(=O)(=O)c2ccccc2)cc1)N(C)C)C(C)(C)C. The van der Waals surface area contributed by atoms with Gasteiger partial charge in [-0.3, -0.25) is 4.68 Å². The summed E-state index contributed by atoms with van der Waals surface area (Å²) in [6.45, 7) is 24.6. The molecule has 0 radical (unpaired) electrons. The van der Waals surface area contributed by atoms with Crippen molar-refractivity contribution in [1.29, 1.82) is 0 Å². The van der Waals surface area contributed by atoms with E-state index in [1.807, 2.05) is 74.5 Å². The van der Waals surface area contributed by atoms with E-state index in [2.05, 4.69) is 161 Å². The van der Waals surface area contributed by atoms with Gasteiger partial charge < -0.3 is 19.6 Å². The monoisotopic (exact) mass is 1000 g/mol. The lowest BCUT2D eigenvalue weighted by Crippen LogP contribution is -2.33. The van der Waals surface area contributed by atoms with Crippen molar-refractivity contribution in [3.63, 3.8) is 0 Å². The summed E-state index contributed by atoms with van der Waals surface area (Å²) in [6, 6.07) is 32.4. The zero-order valence-corrected chi connectivity index (χ0v) is 48.3. The lowest BCUT2D eigenvalue weighted by molar-refractivity contribution is 0.125. The van der Waals surface area contributed by atoms with Gasteiger partial charge in [0, 0.05) is 53.6 Å². The zero-order chi connectivity index (χ0) is 53.3. The first-order valence-corrected chi connectivity index (χ1v) is 26.9. The van der Waals surface area contributed by atoms with Crippen LogP contribution in [-0.2, 0) is 16.9 Å². The highest BCUT2D eigenvalue weighted by molar-refractivity contribution is 7.91. The van der Waals surface area contributed by atoms with Crippen LogP contribution in [0.15, 0.2) is 125 Å². The Morgan fingerprint density at radius 1 is 0.586 bits per heavy atom. The van der Waals surface area contributed by atoms with E-state index in [9.17, 15) is 12.8 Å². The second-order valence-corrected chi connectivity index (χ2v) is 24.5. The standard InChI is InChI=1S/C21H29NO2S.C13H20ClN.C13H20FN.C12H23N3/c1-16(21(2,3)4)20(22(5)6)17-12-14-19(15-13-17)25(23,24)18-10-8-7-9-11-18;2*1-10(2)9-13(15(3)4)11-7-5-6-8-12(11)14;1-9(2)10(3)12(14(4)5)11-7-13-15(6)8-11/h7-16,20H,1-6H3;2*5-8,10,13H,9H2,1-4H3;7-10,12H,1-6H3/t16-,20+;;;10-,12-/m0..1/s1. The molecular weight excluding hydrogens is 911 g/mol. The van der Waals surface area contributed by atoms with Crippen molar-refractivity contribution in [3.05, 3.63) is 149 Å². The second-order valence-electron chi connectivity index (χ2n) is 22.2. The van der Waals surface area contributed by atoms with E-state index in [0.717, 1.165) is 29.0 Å². The van der Waals surface area contributed by atoms with Crippen molar-refractivity contribution in [1.82, 2.24) is 29.4 Å². The maximum atomic E-state index is 13.6. The Bertz CT molecular complexity index is 2280. The Hall–Kier alpha value is -3.90. The van der Waals surface area contributed by atoms with Gasteiger partial charge in [-0.2, -0.15) is 5.10 Å². The van der Waals surface area contributed by atoms with Crippen molar-refractivity contribution in [2.45, 2.75) is 123 Å². The van der Waals surface area contributed by atoms with Gasteiger partial charge in [0.1, 0.15) is 5.82 Å². The molecule has 0 aliphatic heterocycles. The lowest BCUT2D eigenvalue weighted by atomic mass is 9.75. The van der Waals surface area contributed by atoms with Gasteiger partial charge in [0.25, 0.3) is 0 Å². The van der Waals surface area contributed by atoms with Crippen molar-refractivity contribution in [2.24, 2.45) is 42.1 Å². The molecule has 6 atom stereocenters. The minimum atomic E-state index is -3.46. The molecule has 0 amide bonds. The minimum absolute atomic E-state index is 0.100. The highest BCUT2D eigenvalue weighted by Gasteiger charge is 2.31. The van der Waals surface area contributed by atoms with Crippen LogP contribution >= 0.6 is 11.6 Å². The molecule has 0 fully saturated rings. The molecule has 70 heavy (non-hydrogen) atoms. The van der Waals surface area contributed by atoms with Crippen LogP contribution in [0.3, 0.4) is 0 Å². The molecule has 4 aromatic carbocycles. The molecule has 0 saturated heterocycles. The fraction of sp³-hybridized carbons (Fsp3) is 0.542. The third kappa shape index (κ3) is 19.3. The largest absolute Gasteiger partial charge is 0.302 e. The normalized spacial score (nSPS) is 14.6. The first-order valence-electron chi connectivity index (χ1n) is 25.1. The van der Waals surface area contributed by atoms with Crippen LogP contribution in [-0.4, -0.2) is 94.2 Å². The van der Waals surface area contributed by atoms with Crippen LogP contribution < -0.4 is 0 Å². The van der Waals surface area contributed by atoms with Gasteiger partial charge in [-0.1, -0.05) is 154 Å². The van der Waals surface area contributed by atoms with Crippen LogP contribution in [0.5, 0.6) is 0 Å². The van der Waals surface area contributed by atoms with Gasteiger partial charge in [-0.15, -0.1) is 0 Å². The number of aryl methyl sites for hydroxylation is 1.